The van der Waals surface area contributed by atoms with Gasteiger partial charge in [-0.1, -0.05) is 11.6 Å². The lowest BCUT2D eigenvalue weighted by Gasteiger charge is -2.07. The van der Waals surface area contributed by atoms with Crippen LogP contribution in [-0.4, -0.2) is 21.0 Å². The van der Waals surface area contributed by atoms with Gasteiger partial charge in [0.05, 0.1) is 17.4 Å². The van der Waals surface area contributed by atoms with Crippen molar-refractivity contribution in [2.24, 2.45) is 0 Å². The number of carbonyl (C=O) groups excluding carboxylic acids is 1. The molecule has 2 aromatic heterocycles. The summed E-state index contributed by atoms with van der Waals surface area (Å²) in [5, 5.41) is 12.1. The molecule has 6 heteroatoms. The van der Waals surface area contributed by atoms with E-state index in [1.165, 1.54) is 18.5 Å². The fourth-order valence-corrected chi connectivity index (χ4v) is 1.54. The van der Waals surface area contributed by atoms with Gasteiger partial charge in [0.25, 0.3) is 5.91 Å². The fraction of sp³-hybridized carbons (Fsp3) is 0.0833. The number of carbonyl (C=O) groups is 1. The molecule has 0 aliphatic carbocycles. The van der Waals surface area contributed by atoms with Gasteiger partial charge < -0.3 is 10.4 Å². The van der Waals surface area contributed by atoms with Crippen LogP contribution in [0.3, 0.4) is 0 Å². The number of nitrogens with zero attached hydrogens (tertiary/aromatic N) is 2. The Balaban J connectivity index is 2.24. The second-order valence-electron chi connectivity index (χ2n) is 3.74. The number of aromatic hydroxyl groups is 1. The molecule has 0 radical (unpaired) electrons. The van der Waals surface area contributed by atoms with E-state index in [9.17, 15) is 9.90 Å². The highest BCUT2D eigenvalue weighted by molar-refractivity contribution is 6.32. The van der Waals surface area contributed by atoms with Crippen molar-refractivity contribution in [2.75, 3.05) is 5.32 Å². The summed E-state index contributed by atoms with van der Waals surface area (Å²) in [7, 11) is 0. The lowest BCUT2D eigenvalue weighted by molar-refractivity contribution is 0.102. The lowest BCUT2D eigenvalue weighted by atomic mass is 10.2. The molecule has 5 nitrogen and oxygen atoms in total. The van der Waals surface area contributed by atoms with E-state index in [1.807, 2.05) is 6.92 Å². The largest absolute Gasteiger partial charge is 0.506 e. The fourth-order valence-electron chi connectivity index (χ4n) is 1.39. The predicted octanol–water partition coefficient (Wildman–Crippen LogP) is 2.40. The molecule has 0 bridgehead atoms. The zero-order valence-corrected chi connectivity index (χ0v) is 10.3. The quantitative estimate of drug-likeness (QED) is 0.816. The molecule has 2 rings (SSSR count). The lowest BCUT2D eigenvalue weighted by Crippen LogP contribution is -2.12. The van der Waals surface area contributed by atoms with Crippen LogP contribution >= 0.6 is 11.6 Å². The van der Waals surface area contributed by atoms with Crippen LogP contribution < -0.4 is 5.32 Å². The van der Waals surface area contributed by atoms with E-state index >= 15 is 0 Å². The van der Waals surface area contributed by atoms with Gasteiger partial charge >= 0.3 is 0 Å². The number of aromatic nitrogens is 2. The van der Waals surface area contributed by atoms with Gasteiger partial charge in [0.2, 0.25) is 0 Å². The number of amides is 1. The third-order valence-corrected chi connectivity index (χ3v) is 2.51. The molecule has 0 atom stereocenters. The summed E-state index contributed by atoms with van der Waals surface area (Å²) in [6.45, 7) is 1.84. The molecule has 0 aliphatic rings. The molecule has 0 unspecified atom stereocenters. The van der Waals surface area contributed by atoms with Crippen LogP contribution in [0.4, 0.5) is 5.69 Å². The number of halogens is 1. The van der Waals surface area contributed by atoms with Crippen molar-refractivity contribution >= 4 is 23.2 Å². The smallest absolute Gasteiger partial charge is 0.257 e. The normalized spacial score (nSPS) is 10.1. The summed E-state index contributed by atoms with van der Waals surface area (Å²) in [5.74, 6) is -0.483. The Morgan fingerprint density at radius 1 is 1.33 bits per heavy atom. The summed E-state index contributed by atoms with van der Waals surface area (Å²) in [5.41, 5.74) is 1.54. The van der Waals surface area contributed by atoms with Crippen molar-refractivity contribution < 1.29 is 9.90 Å². The number of nitrogens with one attached hydrogen (secondary N) is 1. The molecule has 0 spiro atoms. The average molecular weight is 264 g/mol. The first-order valence-corrected chi connectivity index (χ1v) is 5.51. The topological polar surface area (TPSA) is 75.1 Å². The van der Waals surface area contributed by atoms with Crippen molar-refractivity contribution in [1.82, 2.24) is 9.97 Å². The summed E-state index contributed by atoms with van der Waals surface area (Å²) in [4.78, 5) is 19.5. The second kappa shape index (κ2) is 5.01. The molecule has 1 amide bonds. The third-order valence-electron chi connectivity index (χ3n) is 2.21. The van der Waals surface area contributed by atoms with Gasteiger partial charge in [-0.3, -0.25) is 9.78 Å². The van der Waals surface area contributed by atoms with Crippen molar-refractivity contribution in [3.63, 3.8) is 0 Å². The Morgan fingerprint density at radius 2 is 2.11 bits per heavy atom. The van der Waals surface area contributed by atoms with Crippen molar-refractivity contribution in [3.05, 3.63) is 47.0 Å². The molecule has 92 valence electrons. The molecule has 2 heterocycles. The SMILES string of the molecule is Cc1cnc(Cl)c(NC(=O)c2cncc(O)c2)c1. The standard InChI is InChI=1S/C12H10ClN3O2/c1-7-2-10(11(13)15-4-7)16-12(18)8-3-9(17)6-14-5-8/h2-6,17H,1H3,(H,16,18). The number of pyridine rings is 2. The van der Waals surface area contributed by atoms with Crippen LogP contribution in [0.25, 0.3) is 0 Å². The molecule has 0 aromatic carbocycles. The summed E-state index contributed by atoms with van der Waals surface area (Å²) < 4.78 is 0. The van der Waals surface area contributed by atoms with E-state index in [0.29, 0.717) is 5.69 Å². The molecular weight excluding hydrogens is 254 g/mol. The number of aryl methyl sites for hydroxylation is 1. The van der Waals surface area contributed by atoms with Gasteiger partial charge in [-0.2, -0.15) is 0 Å². The van der Waals surface area contributed by atoms with Crippen molar-refractivity contribution in [3.8, 4) is 5.75 Å². The molecule has 2 aromatic rings. The monoisotopic (exact) mass is 263 g/mol. The predicted molar refractivity (Wildman–Crippen MR) is 67.8 cm³/mol. The maximum Gasteiger partial charge on any atom is 0.257 e. The van der Waals surface area contributed by atoms with Crippen molar-refractivity contribution in [2.45, 2.75) is 6.92 Å². The van der Waals surface area contributed by atoms with Gasteiger partial charge in [-0.15, -0.1) is 0 Å². The first-order chi connectivity index (χ1) is 8.56. The third kappa shape index (κ3) is 2.75. The zero-order chi connectivity index (χ0) is 13.1. The first-order valence-electron chi connectivity index (χ1n) is 5.14. The van der Waals surface area contributed by atoms with E-state index in [1.54, 1.807) is 12.3 Å². The van der Waals surface area contributed by atoms with E-state index in [-0.39, 0.29) is 16.5 Å². The molecule has 0 saturated carbocycles. The molecular formula is C12H10ClN3O2. The molecule has 18 heavy (non-hydrogen) atoms. The van der Waals surface area contributed by atoms with Crippen LogP contribution in [0.2, 0.25) is 5.15 Å². The highest BCUT2D eigenvalue weighted by Crippen LogP contribution is 2.20. The van der Waals surface area contributed by atoms with Crippen LogP contribution in [0.5, 0.6) is 5.75 Å². The highest BCUT2D eigenvalue weighted by Gasteiger charge is 2.10. The minimum absolute atomic E-state index is 0.0730. The average Bonchev–Trinajstić information content (AvgIpc) is 2.34. The van der Waals surface area contributed by atoms with E-state index in [0.717, 1.165) is 5.56 Å². The van der Waals surface area contributed by atoms with E-state index in [2.05, 4.69) is 15.3 Å². The Kier molecular flexibility index (Phi) is 3.43. The van der Waals surface area contributed by atoms with Crippen LogP contribution in [-0.2, 0) is 0 Å². The molecule has 0 saturated heterocycles. The molecule has 0 fully saturated rings. The maximum absolute atomic E-state index is 11.9. The minimum Gasteiger partial charge on any atom is -0.506 e. The van der Waals surface area contributed by atoms with E-state index in [4.69, 9.17) is 11.6 Å². The van der Waals surface area contributed by atoms with Gasteiger partial charge in [-0.05, 0) is 24.6 Å². The van der Waals surface area contributed by atoms with Crippen LogP contribution in [0.15, 0.2) is 30.7 Å². The summed E-state index contributed by atoms with van der Waals surface area (Å²) in [6.07, 6.45) is 4.21. The van der Waals surface area contributed by atoms with Gasteiger partial charge in [-0.25, -0.2) is 4.98 Å². The van der Waals surface area contributed by atoms with Crippen molar-refractivity contribution in [1.29, 1.82) is 0 Å². The summed E-state index contributed by atoms with van der Waals surface area (Å²) in [6, 6.07) is 3.03. The van der Waals surface area contributed by atoms with Crippen LogP contribution in [0.1, 0.15) is 15.9 Å². The van der Waals surface area contributed by atoms with Gasteiger partial charge in [0.1, 0.15) is 5.75 Å². The molecule has 2 N–H and O–H groups in total. The number of rotatable bonds is 2. The first kappa shape index (κ1) is 12.3. The molecule has 0 aliphatic heterocycles. The summed E-state index contributed by atoms with van der Waals surface area (Å²) >= 11 is 5.87. The second-order valence-corrected chi connectivity index (χ2v) is 4.09. The highest BCUT2D eigenvalue weighted by atomic mass is 35.5. The number of anilines is 1. The number of hydrogen-bond donors (Lipinski definition) is 2. The van der Waals surface area contributed by atoms with Gasteiger partial charge in [0, 0.05) is 12.4 Å². The zero-order valence-electron chi connectivity index (χ0n) is 9.51. The van der Waals surface area contributed by atoms with E-state index < -0.39 is 5.91 Å². The Labute approximate surface area is 108 Å². The van der Waals surface area contributed by atoms with Gasteiger partial charge in [0.15, 0.2) is 5.15 Å². The number of hydrogen-bond acceptors (Lipinski definition) is 4. The minimum atomic E-state index is -0.410. The Hall–Kier alpha value is -2.14. The Bertz CT molecular complexity index is 602. The maximum atomic E-state index is 11.9. The Morgan fingerprint density at radius 3 is 2.83 bits per heavy atom. The van der Waals surface area contributed by atoms with Crippen LogP contribution in [0, 0.1) is 6.92 Å².